The molecule has 0 saturated heterocycles. The van der Waals surface area contributed by atoms with Gasteiger partial charge in [0.05, 0.1) is 18.0 Å². The highest BCUT2D eigenvalue weighted by Gasteiger charge is 2.13. The normalized spacial score (nSPS) is 10.7. The number of rotatable bonds is 7. The molecule has 30 heavy (non-hydrogen) atoms. The molecule has 0 atom stereocenters. The summed E-state index contributed by atoms with van der Waals surface area (Å²) in [5.41, 5.74) is 3.54. The largest absolute Gasteiger partial charge is 0.395 e. The summed E-state index contributed by atoms with van der Waals surface area (Å²) in [5.74, 6) is -0.316. The average Bonchev–Trinajstić information content (AvgIpc) is 2.77. The Kier molecular flexibility index (Phi) is 7.67. The van der Waals surface area contributed by atoms with Gasteiger partial charge in [0.25, 0.3) is 0 Å². The molecule has 9 heteroatoms. The van der Waals surface area contributed by atoms with Crippen LogP contribution in [0.5, 0.6) is 0 Å². The monoisotopic (exact) mass is 444 g/mol. The molecule has 3 aromatic rings. The lowest BCUT2D eigenvalue weighted by Crippen LogP contribution is -2.30. The van der Waals surface area contributed by atoms with Gasteiger partial charge in [0, 0.05) is 28.3 Å². The first-order valence-electron chi connectivity index (χ1n) is 9.07. The van der Waals surface area contributed by atoms with E-state index in [0.29, 0.717) is 22.2 Å². The first-order valence-corrected chi connectivity index (χ1v) is 11.5. The number of nitrogens with one attached hydrogen (secondary N) is 2. The maximum atomic E-state index is 13.9. The highest BCUT2D eigenvalue weighted by Crippen LogP contribution is 2.33. The number of benzene rings is 2. The summed E-state index contributed by atoms with van der Waals surface area (Å²) in [6.07, 6.45) is 3.83. The number of halogens is 1. The Morgan fingerprint density at radius 2 is 1.77 bits per heavy atom. The topological polar surface area (TPSA) is 87.1 Å². The van der Waals surface area contributed by atoms with Crippen molar-refractivity contribution in [2.75, 3.05) is 31.0 Å². The molecule has 1 heterocycles. The Labute approximate surface area is 182 Å². The Hall–Kier alpha value is -2.62. The number of hydrogen-bond acceptors (Lipinski definition) is 6. The molecule has 0 unspecified atom stereocenters. The fourth-order valence-electron chi connectivity index (χ4n) is 2.75. The quantitative estimate of drug-likeness (QED) is 0.367. The van der Waals surface area contributed by atoms with Crippen LogP contribution in [0.2, 0.25) is 0 Å². The summed E-state index contributed by atoms with van der Waals surface area (Å²) in [4.78, 5) is 21.8. The maximum absolute atomic E-state index is 13.9. The van der Waals surface area contributed by atoms with Gasteiger partial charge in [-0.1, -0.05) is 23.9 Å². The second-order valence-electron chi connectivity index (χ2n) is 6.15. The fourth-order valence-corrected chi connectivity index (χ4v) is 3.72. The molecular weight excluding hydrogens is 423 g/mol. The van der Waals surface area contributed by atoms with E-state index in [1.54, 1.807) is 18.2 Å². The minimum Gasteiger partial charge on any atom is -0.395 e. The average molecular weight is 445 g/mol. The van der Waals surface area contributed by atoms with Crippen molar-refractivity contribution in [3.05, 3.63) is 54.3 Å². The molecule has 0 saturated carbocycles. The van der Waals surface area contributed by atoms with Crippen LogP contribution in [0, 0.1) is 5.82 Å². The summed E-state index contributed by atoms with van der Waals surface area (Å²) in [6, 6.07) is 13.4. The standard InChI is InChI=1S/C21H21FN4O2S2/c1-29-19-8-5-14(22)11-16(19)18-12-17(25-21(26-18)30-2)13-3-6-15(7-4-13)24-20(28)23-9-10-27/h3-8,11-12,27H,9-10H2,1-2H3,(H2,23,24,28). The van der Waals surface area contributed by atoms with E-state index in [0.717, 1.165) is 16.0 Å². The van der Waals surface area contributed by atoms with Gasteiger partial charge in [0.1, 0.15) is 5.82 Å². The minimum atomic E-state index is -0.388. The third-order valence-electron chi connectivity index (χ3n) is 4.16. The molecule has 0 fully saturated rings. The van der Waals surface area contributed by atoms with E-state index in [9.17, 15) is 9.18 Å². The van der Waals surface area contributed by atoms with Crippen molar-refractivity contribution in [1.29, 1.82) is 0 Å². The highest BCUT2D eigenvalue weighted by molar-refractivity contribution is 7.98. The molecule has 3 N–H and O–H groups in total. The first-order chi connectivity index (χ1) is 14.5. The summed E-state index contributed by atoms with van der Waals surface area (Å²) >= 11 is 2.95. The first kappa shape index (κ1) is 22.1. The highest BCUT2D eigenvalue weighted by atomic mass is 32.2. The second-order valence-corrected chi connectivity index (χ2v) is 7.77. The zero-order chi connectivity index (χ0) is 21.5. The zero-order valence-corrected chi connectivity index (χ0v) is 18.1. The molecule has 1 aromatic heterocycles. The molecule has 0 radical (unpaired) electrons. The van der Waals surface area contributed by atoms with E-state index in [2.05, 4.69) is 20.6 Å². The number of amides is 2. The fraction of sp³-hybridized carbons (Fsp3) is 0.190. The lowest BCUT2D eigenvalue weighted by atomic mass is 10.1. The van der Waals surface area contributed by atoms with E-state index >= 15 is 0 Å². The maximum Gasteiger partial charge on any atom is 0.319 e. The van der Waals surface area contributed by atoms with Gasteiger partial charge < -0.3 is 15.7 Å². The molecule has 0 aliphatic rings. The van der Waals surface area contributed by atoms with Gasteiger partial charge >= 0.3 is 6.03 Å². The Morgan fingerprint density at radius 1 is 1.03 bits per heavy atom. The van der Waals surface area contributed by atoms with Crippen LogP contribution >= 0.6 is 23.5 Å². The number of urea groups is 1. The van der Waals surface area contributed by atoms with Crippen LogP contribution in [0.25, 0.3) is 22.5 Å². The predicted octanol–water partition coefficient (Wildman–Crippen LogP) is 4.51. The van der Waals surface area contributed by atoms with Crippen LogP contribution in [-0.4, -0.2) is 46.8 Å². The summed E-state index contributed by atoms with van der Waals surface area (Å²) in [6.45, 7) is 0.0624. The SMILES string of the molecule is CSc1nc(-c2ccc(NC(=O)NCCO)cc2)cc(-c2cc(F)ccc2SC)n1. The van der Waals surface area contributed by atoms with E-state index < -0.39 is 0 Å². The molecule has 6 nitrogen and oxygen atoms in total. The van der Waals surface area contributed by atoms with Crippen LogP contribution in [-0.2, 0) is 0 Å². The molecule has 0 bridgehead atoms. The number of carbonyl (C=O) groups is 1. The molecule has 156 valence electrons. The molecule has 3 rings (SSSR count). The van der Waals surface area contributed by atoms with E-state index in [-0.39, 0.29) is 25.0 Å². The number of nitrogens with zero attached hydrogens (tertiary/aromatic N) is 2. The van der Waals surface area contributed by atoms with Gasteiger partial charge in [-0.15, -0.1) is 11.8 Å². The van der Waals surface area contributed by atoms with Crippen LogP contribution in [0.4, 0.5) is 14.9 Å². The minimum absolute atomic E-state index is 0.121. The molecule has 0 aliphatic heterocycles. The molecule has 2 aromatic carbocycles. The van der Waals surface area contributed by atoms with Crippen LogP contribution in [0.1, 0.15) is 0 Å². The molecule has 0 spiro atoms. The third-order valence-corrected chi connectivity index (χ3v) is 5.51. The van der Waals surface area contributed by atoms with Crippen molar-refractivity contribution in [3.63, 3.8) is 0 Å². The van der Waals surface area contributed by atoms with Gasteiger partial charge in [-0.2, -0.15) is 0 Å². The number of aliphatic hydroxyl groups is 1. The van der Waals surface area contributed by atoms with Crippen molar-refractivity contribution in [2.24, 2.45) is 0 Å². The van der Waals surface area contributed by atoms with Crippen molar-refractivity contribution in [3.8, 4) is 22.5 Å². The van der Waals surface area contributed by atoms with Crippen molar-refractivity contribution in [1.82, 2.24) is 15.3 Å². The number of aromatic nitrogens is 2. The number of carbonyl (C=O) groups excluding carboxylic acids is 1. The summed E-state index contributed by atoms with van der Waals surface area (Å²) in [5, 5.41) is 14.6. The van der Waals surface area contributed by atoms with Crippen LogP contribution in [0.15, 0.2) is 58.6 Å². The number of thioether (sulfide) groups is 2. The van der Waals surface area contributed by atoms with Gasteiger partial charge in [0.2, 0.25) is 0 Å². The number of hydrogen-bond donors (Lipinski definition) is 3. The van der Waals surface area contributed by atoms with E-state index in [1.165, 1.54) is 35.7 Å². The smallest absolute Gasteiger partial charge is 0.319 e. The van der Waals surface area contributed by atoms with Crippen molar-refractivity contribution < 1.29 is 14.3 Å². The molecular formula is C21H21FN4O2S2. The number of aliphatic hydroxyl groups excluding tert-OH is 1. The van der Waals surface area contributed by atoms with Gasteiger partial charge in [0.15, 0.2) is 5.16 Å². The second kappa shape index (κ2) is 10.4. The van der Waals surface area contributed by atoms with Gasteiger partial charge in [-0.05, 0) is 48.9 Å². The van der Waals surface area contributed by atoms with E-state index in [4.69, 9.17) is 5.11 Å². The predicted molar refractivity (Wildman–Crippen MR) is 121 cm³/mol. The van der Waals surface area contributed by atoms with Crippen LogP contribution < -0.4 is 10.6 Å². The zero-order valence-electron chi connectivity index (χ0n) is 16.5. The lowest BCUT2D eigenvalue weighted by molar-refractivity contribution is 0.245. The Balaban J connectivity index is 1.92. The number of anilines is 1. The van der Waals surface area contributed by atoms with Crippen molar-refractivity contribution in [2.45, 2.75) is 10.1 Å². The summed E-state index contributed by atoms with van der Waals surface area (Å²) in [7, 11) is 0. The lowest BCUT2D eigenvalue weighted by Gasteiger charge is -2.11. The van der Waals surface area contributed by atoms with E-state index in [1.807, 2.05) is 30.7 Å². The Bertz CT molecular complexity index is 1030. The van der Waals surface area contributed by atoms with Crippen molar-refractivity contribution >= 4 is 35.2 Å². The summed E-state index contributed by atoms with van der Waals surface area (Å²) < 4.78 is 13.9. The third kappa shape index (κ3) is 5.50. The van der Waals surface area contributed by atoms with Gasteiger partial charge in [-0.25, -0.2) is 19.2 Å². The molecule has 2 amide bonds. The Morgan fingerprint density at radius 3 is 2.43 bits per heavy atom. The van der Waals surface area contributed by atoms with Crippen LogP contribution in [0.3, 0.4) is 0 Å². The van der Waals surface area contributed by atoms with Gasteiger partial charge in [-0.3, -0.25) is 0 Å². The molecule has 0 aliphatic carbocycles.